The average Bonchev–Trinajstić information content (AvgIpc) is 3.08. The van der Waals surface area contributed by atoms with E-state index in [1.807, 2.05) is 55.6 Å². The van der Waals surface area contributed by atoms with Crippen molar-refractivity contribution in [1.29, 1.82) is 0 Å². The second-order valence-corrected chi connectivity index (χ2v) is 5.66. The second-order valence-electron chi connectivity index (χ2n) is 5.66. The van der Waals surface area contributed by atoms with Crippen LogP contribution in [0.25, 0.3) is 22.3 Å². The molecule has 0 atom stereocenters. The van der Waals surface area contributed by atoms with Gasteiger partial charge in [-0.05, 0) is 24.3 Å². The molecule has 0 bridgehead atoms. The number of amides is 1. The predicted molar refractivity (Wildman–Crippen MR) is 96.1 cm³/mol. The van der Waals surface area contributed by atoms with E-state index in [1.54, 1.807) is 23.3 Å². The number of aromatic nitrogens is 4. The zero-order valence-corrected chi connectivity index (χ0v) is 13.5. The number of para-hydroxylation sites is 1. The summed E-state index contributed by atoms with van der Waals surface area (Å²) in [5.74, 6) is 0.417. The number of rotatable bonds is 3. The summed E-state index contributed by atoms with van der Waals surface area (Å²) in [4.78, 5) is 21.3. The lowest BCUT2D eigenvalue weighted by atomic mass is 10.1. The lowest BCUT2D eigenvalue weighted by Gasteiger charge is -2.08. The van der Waals surface area contributed by atoms with Crippen LogP contribution < -0.4 is 5.32 Å². The summed E-state index contributed by atoms with van der Waals surface area (Å²) in [6.07, 6.45) is 3.33. The van der Waals surface area contributed by atoms with Gasteiger partial charge in [-0.1, -0.05) is 30.3 Å². The summed E-state index contributed by atoms with van der Waals surface area (Å²) < 4.78 is 1.64. The molecule has 2 heterocycles. The lowest BCUT2D eigenvalue weighted by molar-refractivity contribution is 0.102. The van der Waals surface area contributed by atoms with E-state index in [0.717, 1.165) is 10.9 Å². The molecule has 2 aromatic carbocycles. The van der Waals surface area contributed by atoms with Crippen LogP contribution in [0.5, 0.6) is 0 Å². The Kier molecular flexibility index (Phi) is 3.70. The molecule has 0 unspecified atom stereocenters. The van der Waals surface area contributed by atoms with Gasteiger partial charge in [-0.2, -0.15) is 5.10 Å². The predicted octanol–water partition coefficient (Wildman–Crippen LogP) is 3.28. The minimum Gasteiger partial charge on any atom is -0.322 e. The maximum Gasteiger partial charge on any atom is 0.257 e. The third-order valence-electron chi connectivity index (χ3n) is 3.86. The second kappa shape index (κ2) is 6.16. The third-order valence-corrected chi connectivity index (χ3v) is 3.86. The van der Waals surface area contributed by atoms with Gasteiger partial charge < -0.3 is 5.32 Å². The number of carbonyl (C=O) groups is 1. The van der Waals surface area contributed by atoms with Gasteiger partial charge >= 0.3 is 0 Å². The Bertz CT molecular complexity index is 1060. The Morgan fingerprint density at radius 2 is 1.88 bits per heavy atom. The summed E-state index contributed by atoms with van der Waals surface area (Å²) in [5.41, 5.74) is 2.75. The molecule has 0 aliphatic rings. The monoisotopic (exact) mass is 329 g/mol. The Hall–Kier alpha value is -3.54. The van der Waals surface area contributed by atoms with E-state index in [2.05, 4.69) is 20.4 Å². The molecule has 25 heavy (non-hydrogen) atoms. The molecular weight excluding hydrogens is 314 g/mol. The van der Waals surface area contributed by atoms with Crippen LogP contribution in [0.2, 0.25) is 0 Å². The van der Waals surface area contributed by atoms with E-state index < -0.39 is 0 Å². The molecule has 1 amide bonds. The molecule has 0 saturated carbocycles. The molecular formula is C19H15N5O. The molecule has 6 heteroatoms. The van der Waals surface area contributed by atoms with E-state index in [4.69, 9.17) is 0 Å². The smallest absolute Gasteiger partial charge is 0.257 e. The summed E-state index contributed by atoms with van der Waals surface area (Å²) in [6, 6.07) is 16.8. The number of fused-ring (bicyclic) bond motifs is 1. The van der Waals surface area contributed by atoms with Crippen molar-refractivity contribution in [3.05, 3.63) is 72.7 Å². The zero-order chi connectivity index (χ0) is 17.2. The highest BCUT2D eigenvalue weighted by Crippen LogP contribution is 2.21. The van der Waals surface area contributed by atoms with Crippen LogP contribution >= 0.6 is 0 Å². The van der Waals surface area contributed by atoms with Gasteiger partial charge in [-0.25, -0.2) is 4.98 Å². The van der Waals surface area contributed by atoms with Crippen molar-refractivity contribution in [3.63, 3.8) is 0 Å². The van der Waals surface area contributed by atoms with E-state index >= 15 is 0 Å². The van der Waals surface area contributed by atoms with Crippen LogP contribution in [0.1, 0.15) is 10.4 Å². The van der Waals surface area contributed by atoms with Crippen molar-refractivity contribution in [3.8, 4) is 11.4 Å². The molecule has 0 aliphatic carbocycles. The van der Waals surface area contributed by atoms with Gasteiger partial charge in [0.05, 0.1) is 11.1 Å². The highest BCUT2D eigenvalue weighted by atomic mass is 16.1. The van der Waals surface area contributed by atoms with Gasteiger partial charge in [0.25, 0.3) is 5.91 Å². The van der Waals surface area contributed by atoms with Gasteiger partial charge in [0.2, 0.25) is 0 Å². The van der Waals surface area contributed by atoms with Crippen molar-refractivity contribution in [1.82, 2.24) is 19.7 Å². The van der Waals surface area contributed by atoms with E-state index in [9.17, 15) is 4.79 Å². The Morgan fingerprint density at radius 1 is 1.04 bits per heavy atom. The van der Waals surface area contributed by atoms with Gasteiger partial charge in [0.1, 0.15) is 6.33 Å². The Morgan fingerprint density at radius 3 is 2.72 bits per heavy atom. The van der Waals surface area contributed by atoms with Crippen LogP contribution in [-0.2, 0) is 7.05 Å². The summed E-state index contributed by atoms with van der Waals surface area (Å²) >= 11 is 0. The standard InChI is InChI=1S/C19H15N5O/c1-24-12-21-18(23-24)14-6-2-8-15(11-14)22-19(25)16-9-3-5-13-7-4-10-20-17(13)16/h2-12H,1H3,(H,22,25). The fourth-order valence-electron chi connectivity index (χ4n) is 2.69. The molecule has 0 fully saturated rings. The van der Waals surface area contributed by atoms with E-state index in [1.165, 1.54) is 0 Å². The number of nitrogens with one attached hydrogen (secondary N) is 1. The number of pyridine rings is 1. The number of hydrogen-bond donors (Lipinski definition) is 1. The molecule has 0 saturated heterocycles. The molecule has 2 aromatic heterocycles. The largest absolute Gasteiger partial charge is 0.322 e. The van der Waals surface area contributed by atoms with Crippen LogP contribution in [0.15, 0.2) is 67.1 Å². The van der Waals surface area contributed by atoms with Crippen molar-refractivity contribution >= 4 is 22.5 Å². The molecule has 0 spiro atoms. The first-order valence-corrected chi connectivity index (χ1v) is 7.82. The molecule has 6 nitrogen and oxygen atoms in total. The topological polar surface area (TPSA) is 72.7 Å². The van der Waals surface area contributed by atoms with Crippen LogP contribution in [0.3, 0.4) is 0 Å². The van der Waals surface area contributed by atoms with Gasteiger partial charge in [0.15, 0.2) is 5.82 Å². The first-order chi connectivity index (χ1) is 12.2. The third kappa shape index (κ3) is 2.97. The number of carbonyl (C=O) groups excluding carboxylic acids is 1. The fourth-order valence-corrected chi connectivity index (χ4v) is 2.69. The van der Waals surface area contributed by atoms with Crippen molar-refractivity contribution in [2.75, 3.05) is 5.32 Å². The minimum absolute atomic E-state index is 0.199. The highest BCUT2D eigenvalue weighted by molar-refractivity contribution is 6.11. The maximum absolute atomic E-state index is 12.7. The molecule has 0 aliphatic heterocycles. The maximum atomic E-state index is 12.7. The van der Waals surface area contributed by atoms with Crippen molar-refractivity contribution in [2.24, 2.45) is 7.05 Å². The summed E-state index contributed by atoms with van der Waals surface area (Å²) in [6.45, 7) is 0. The normalized spacial score (nSPS) is 10.8. The van der Waals surface area contributed by atoms with Crippen LogP contribution in [0, 0.1) is 0 Å². The molecule has 4 aromatic rings. The lowest BCUT2D eigenvalue weighted by Crippen LogP contribution is -2.12. The summed E-state index contributed by atoms with van der Waals surface area (Å²) in [7, 11) is 1.82. The SMILES string of the molecule is Cn1cnc(-c2cccc(NC(=O)c3cccc4cccnc34)c2)n1. The first-order valence-electron chi connectivity index (χ1n) is 7.82. The minimum atomic E-state index is -0.199. The van der Waals surface area contributed by atoms with Crippen molar-refractivity contribution in [2.45, 2.75) is 0 Å². The highest BCUT2D eigenvalue weighted by Gasteiger charge is 2.12. The molecule has 122 valence electrons. The fraction of sp³-hybridized carbons (Fsp3) is 0.0526. The van der Waals surface area contributed by atoms with Gasteiger partial charge in [-0.3, -0.25) is 14.5 Å². The molecule has 1 N–H and O–H groups in total. The summed E-state index contributed by atoms with van der Waals surface area (Å²) in [5, 5.41) is 8.14. The van der Waals surface area contributed by atoms with Crippen molar-refractivity contribution < 1.29 is 4.79 Å². The molecule has 0 radical (unpaired) electrons. The van der Waals surface area contributed by atoms with Crippen LogP contribution in [-0.4, -0.2) is 25.7 Å². The number of nitrogens with zero attached hydrogens (tertiary/aromatic N) is 4. The number of hydrogen-bond acceptors (Lipinski definition) is 4. The zero-order valence-electron chi connectivity index (χ0n) is 13.5. The molecule has 4 rings (SSSR count). The number of benzene rings is 2. The Balaban J connectivity index is 1.65. The quantitative estimate of drug-likeness (QED) is 0.626. The van der Waals surface area contributed by atoms with E-state index in [-0.39, 0.29) is 5.91 Å². The van der Waals surface area contributed by atoms with Crippen LogP contribution in [0.4, 0.5) is 5.69 Å². The van der Waals surface area contributed by atoms with E-state index in [0.29, 0.717) is 22.6 Å². The van der Waals surface area contributed by atoms with Gasteiger partial charge in [-0.15, -0.1) is 0 Å². The first kappa shape index (κ1) is 15.0. The Labute approximate surface area is 144 Å². The van der Waals surface area contributed by atoms with Gasteiger partial charge in [0, 0.05) is 29.9 Å². The average molecular weight is 329 g/mol. The number of anilines is 1. The number of aryl methyl sites for hydroxylation is 1.